The Balaban J connectivity index is 1.70. The first-order valence-electron chi connectivity index (χ1n) is 11.5. The third kappa shape index (κ3) is 5.99. The zero-order valence-electron chi connectivity index (χ0n) is 19.2. The summed E-state index contributed by atoms with van der Waals surface area (Å²) in [6.07, 6.45) is 4.36. The number of ether oxygens (including phenoxy) is 1. The lowest BCUT2D eigenvalue weighted by atomic mass is 10.0. The molecule has 0 aliphatic heterocycles. The lowest BCUT2D eigenvalue weighted by Crippen LogP contribution is -2.46. The molecular formula is C27H29ClN2O3S. The molecule has 1 saturated carbocycles. The molecule has 1 N–H and O–H groups in total. The Bertz CT molecular complexity index is 1100. The van der Waals surface area contributed by atoms with Crippen LogP contribution in [0.25, 0.3) is 0 Å². The van der Waals surface area contributed by atoms with Crippen molar-refractivity contribution in [1.82, 2.24) is 10.2 Å². The molecule has 178 valence electrons. The van der Waals surface area contributed by atoms with E-state index in [1.807, 2.05) is 60.0 Å². The minimum atomic E-state index is -0.830. The minimum Gasteiger partial charge on any atom is -0.497 e. The summed E-state index contributed by atoms with van der Waals surface area (Å²) in [6, 6.07) is 18.0. The smallest absolute Gasteiger partial charge is 0.247 e. The molecule has 3 aromatic rings. The van der Waals surface area contributed by atoms with Gasteiger partial charge in [-0.15, -0.1) is 11.3 Å². The lowest BCUT2D eigenvalue weighted by Gasteiger charge is -2.33. The van der Waals surface area contributed by atoms with Gasteiger partial charge in [-0.3, -0.25) is 9.59 Å². The van der Waals surface area contributed by atoms with Crippen LogP contribution in [0.4, 0.5) is 0 Å². The van der Waals surface area contributed by atoms with Gasteiger partial charge in [-0.25, -0.2) is 0 Å². The molecular weight excluding hydrogens is 468 g/mol. The van der Waals surface area contributed by atoms with E-state index in [-0.39, 0.29) is 30.8 Å². The van der Waals surface area contributed by atoms with Gasteiger partial charge < -0.3 is 15.0 Å². The van der Waals surface area contributed by atoms with Gasteiger partial charge in [-0.1, -0.05) is 60.8 Å². The first kappa shape index (κ1) is 24.3. The fourth-order valence-electron chi connectivity index (χ4n) is 4.41. The van der Waals surface area contributed by atoms with Crippen LogP contribution in [0.1, 0.15) is 47.7 Å². The van der Waals surface area contributed by atoms with Crippen molar-refractivity contribution >= 4 is 34.8 Å². The Morgan fingerprint density at radius 1 is 1.09 bits per heavy atom. The first-order valence-corrected chi connectivity index (χ1v) is 12.8. The van der Waals surface area contributed by atoms with Gasteiger partial charge in [0.25, 0.3) is 0 Å². The second-order valence-corrected chi connectivity index (χ2v) is 9.98. The molecule has 0 unspecified atom stereocenters. The Morgan fingerprint density at radius 2 is 1.82 bits per heavy atom. The van der Waals surface area contributed by atoms with Crippen LogP contribution in [-0.2, 0) is 22.6 Å². The Kier molecular flexibility index (Phi) is 8.25. The zero-order valence-corrected chi connectivity index (χ0v) is 20.8. The van der Waals surface area contributed by atoms with Crippen LogP contribution in [0.5, 0.6) is 5.75 Å². The topological polar surface area (TPSA) is 58.6 Å². The van der Waals surface area contributed by atoms with Gasteiger partial charge in [0, 0.05) is 28.0 Å². The Hall–Kier alpha value is -2.83. The monoisotopic (exact) mass is 496 g/mol. The average molecular weight is 497 g/mol. The maximum absolute atomic E-state index is 13.7. The predicted molar refractivity (Wildman–Crippen MR) is 136 cm³/mol. The van der Waals surface area contributed by atoms with Crippen LogP contribution in [0.2, 0.25) is 5.02 Å². The van der Waals surface area contributed by atoms with E-state index < -0.39 is 6.04 Å². The summed E-state index contributed by atoms with van der Waals surface area (Å²) in [5, 5.41) is 5.62. The number of benzene rings is 2. The molecule has 1 aliphatic carbocycles. The molecule has 0 radical (unpaired) electrons. The second kappa shape index (κ2) is 11.5. The molecule has 1 aromatic heterocycles. The van der Waals surface area contributed by atoms with Crippen molar-refractivity contribution in [2.45, 2.75) is 50.7 Å². The highest BCUT2D eigenvalue weighted by molar-refractivity contribution is 7.10. The van der Waals surface area contributed by atoms with Gasteiger partial charge in [0.2, 0.25) is 11.8 Å². The number of thiophene rings is 1. The summed E-state index contributed by atoms with van der Waals surface area (Å²) in [5.74, 6) is 0.430. The molecule has 1 aliphatic rings. The van der Waals surface area contributed by atoms with Crippen LogP contribution in [0, 0.1) is 0 Å². The molecule has 4 rings (SSSR count). The Morgan fingerprint density at radius 3 is 2.47 bits per heavy atom. The third-order valence-corrected chi connectivity index (χ3v) is 7.42. The molecule has 0 saturated heterocycles. The molecule has 34 heavy (non-hydrogen) atoms. The fourth-order valence-corrected chi connectivity index (χ4v) is 5.35. The highest BCUT2D eigenvalue weighted by Gasteiger charge is 2.34. The summed E-state index contributed by atoms with van der Waals surface area (Å²) in [6.45, 7) is 0.280. The Labute approximate surface area is 209 Å². The van der Waals surface area contributed by atoms with Crippen LogP contribution in [-0.4, -0.2) is 29.9 Å². The van der Waals surface area contributed by atoms with Gasteiger partial charge in [0.15, 0.2) is 0 Å². The maximum Gasteiger partial charge on any atom is 0.247 e. The van der Waals surface area contributed by atoms with Crippen LogP contribution in [0.3, 0.4) is 0 Å². The highest BCUT2D eigenvalue weighted by Crippen LogP contribution is 2.31. The summed E-state index contributed by atoms with van der Waals surface area (Å²) in [5.41, 5.74) is 1.54. The van der Waals surface area contributed by atoms with E-state index in [9.17, 15) is 9.59 Å². The van der Waals surface area contributed by atoms with Crippen molar-refractivity contribution in [3.63, 3.8) is 0 Å². The molecule has 2 aromatic carbocycles. The third-order valence-electron chi connectivity index (χ3n) is 6.20. The number of amides is 2. The molecule has 2 amide bonds. The van der Waals surface area contributed by atoms with Crippen LogP contribution in [0.15, 0.2) is 66.0 Å². The predicted octanol–water partition coefficient (Wildman–Crippen LogP) is 5.78. The van der Waals surface area contributed by atoms with E-state index in [0.717, 1.165) is 41.9 Å². The van der Waals surface area contributed by atoms with E-state index in [4.69, 9.17) is 16.3 Å². The number of nitrogens with one attached hydrogen (secondary N) is 1. The van der Waals surface area contributed by atoms with E-state index in [0.29, 0.717) is 10.6 Å². The summed E-state index contributed by atoms with van der Waals surface area (Å²) >= 11 is 8.12. The molecule has 0 spiro atoms. The molecule has 1 heterocycles. The van der Waals surface area contributed by atoms with Crippen molar-refractivity contribution in [3.8, 4) is 5.75 Å². The largest absolute Gasteiger partial charge is 0.497 e. The van der Waals surface area contributed by atoms with Gasteiger partial charge in [0.05, 0.1) is 13.5 Å². The number of halogens is 1. The first-order chi connectivity index (χ1) is 16.5. The number of hydrogen-bond acceptors (Lipinski definition) is 4. The number of nitrogens with zero attached hydrogens (tertiary/aromatic N) is 1. The highest BCUT2D eigenvalue weighted by atomic mass is 35.5. The fraction of sp³-hybridized carbons (Fsp3) is 0.333. The number of methoxy groups -OCH3 is 1. The summed E-state index contributed by atoms with van der Waals surface area (Å²) < 4.78 is 5.28. The standard InChI is InChI=1S/C27H29ClN2O3S/c1-33-21-14-12-19(13-15-21)18-30(25(31)17-22-9-6-16-34-22)26(23-10-4-5-11-24(23)28)27(32)29-20-7-2-3-8-20/h4-6,9-16,20,26H,2-3,7-8,17-18H2,1H3,(H,29,32)/t26-/m0/s1. The lowest BCUT2D eigenvalue weighted by molar-refractivity contribution is -0.141. The van der Waals surface area contributed by atoms with Crippen molar-refractivity contribution in [2.75, 3.05) is 7.11 Å². The van der Waals surface area contributed by atoms with E-state index in [2.05, 4.69) is 5.32 Å². The molecule has 0 bridgehead atoms. The zero-order chi connectivity index (χ0) is 23.9. The van der Waals surface area contributed by atoms with Gasteiger partial charge in [0.1, 0.15) is 11.8 Å². The SMILES string of the molecule is COc1ccc(CN(C(=O)Cc2cccs2)[C@H](C(=O)NC2CCCC2)c2ccccc2Cl)cc1. The molecule has 7 heteroatoms. The van der Waals surface area contributed by atoms with Crippen LogP contribution < -0.4 is 10.1 Å². The van der Waals surface area contributed by atoms with Crippen molar-refractivity contribution in [3.05, 3.63) is 87.1 Å². The van der Waals surface area contributed by atoms with Crippen molar-refractivity contribution < 1.29 is 14.3 Å². The normalized spacial score (nSPS) is 14.5. The van der Waals surface area contributed by atoms with E-state index in [1.165, 1.54) is 11.3 Å². The van der Waals surface area contributed by atoms with E-state index in [1.54, 1.807) is 18.1 Å². The number of rotatable bonds is 9. The van der Waals surface area contributed by atoms with Crippen molar-refractivity contribution in [2.24, 2.45) is 0 Å². The number of hydrogen-bond donors (Lipinski definition) is 1. The van der Waals surface area contributed by atoms with Crippen molar-refractivity contribution in [1.29, 1.82) is 0 Å². The van der Waals surface area contributed by atoms with Crippen LogP contribution >= 0.6 is 22.9 Å². The summed E-state index contributed by atoms with van der Waals surface area (Å²) in [4.78, 5) is 30.0. The average Bonchev–Trinajstić information content (AvgIpc) is 3.55. The van der Waals surface area contributed by atoms with Gasteiger partial charge >= 0.3 is 0 Å². The molecule has 1 atom stereocenters. The minimum absolute atomic E-state index is 0.121. The summed E-state index contributed by atoms with van der Waals surface area (Å²) in [7, 11) is 1.62. The molecule has 5 nitrogen and oxygen atoms in total. The maximum atomic E-state index is 13.7. The van der Waals surface area contributed by atoms with Gasteiger partial charge in [-0.2, -0.15) is 0 Å². The number of carbonyl (C=O) groups excluding carboxylic acids is 2. The van der Waals surface area contributed by atoms with Gasteiger partial charge in [-0.05, 0) is 48.1 Å². The second-order valence-electron chi connectivity index (χ2n) is 8.54. The number of carbonyl (C=O) groups is 2. The molecule has 1 fully saturated rings. The van der Waals surface area contributed by atoms with E-state index >= 15 is 0 Å². The quantitative estimate of drug-likeness (QED) is 0.408.